The summed E-state index contributed by atoms with van der Waals surface area (Å²) in [5.41, 5.74) is 0. The van der Waals surface area contributed by atoms with Crippen molar-refractivity contribution < 1.29 is 4.74 Å². The maximum atomic E-state index is 5.80. The number of nitrogens with one attached hydrogen (secondary N) is 1. The van der Waals surface area contributed by atoms with Crippen molar-refractivity contribution in [1.29, 1.82) is 0 Å². The molecule has 16 heavy (non-hydrogen) atoms. The third-order valence-corrected chi connectivity index (χ3v) is 3.58. The van der Waals surface area contributed by atoms with Gasteiger partial charge in [-0.05, 0) is 32.1 Å². The molecule has 0 aromatic heterocycles. The van der Waals surface area contributed by atoms with Gasteiger partial charge >= 0.3 is 0 Å². The van der Waals surface area contributed by atoms with E-state index in [2.05, 4.69) is 26.1 Å². The van der Waals surface area contributed by atoms with Gasteiger partial charge < -0.3 is 10.1 Å². The lowest BCUT2D eigenvalue weighted by Crippen LogP contribution is -2.44. The second-order valence-corrected chi connectivity index (χ2v) is 5.01. The van der Waals surface area contributed by atoms with E-state index in [9.17, 15) is 0 Å². The summed E-state index contributed by atoms with van der Waals surface area (Å²) in [4.78, 5) is 0. The van der Waals surface area contributed by atoms with Crippen molar-refractivity contribution in [3.8, 4) is 0 Å². The molecule has 1 fully saturated rings. The van der Waals surface area contributed by atoms with Crippen molar-refractivity contribution in [3.63, 3.8) is 0 Å². The number of rotatable bonds is 8. The van der Waals surface area contributed by atoms with Crippen LogP contribution in [-0.4, -0.2) is 24.8 Å². The monoisotopic (exact) mass is 227 g/mol. The van der Waals surface area contributed by atoms with Gasteiger partial charge in [0.05, 0.1) is 6.10 Å². The fourth-order valence-electron chi connectivity index (χ4n) is 2.72. The largest absolute Gasteiger partial charge is 0.377 e. The van der Waals surface area contributed by atoms with Crippen molar-refractivity contribution in [2.24, 2.45) is 0 Å². The van der Waals surface area contributed by atoms with Crippen LogP contribution in [0.1, 0.15) is 65.7 Å². The van der Waals surface area contributed by atoms with Gasteiger partial charge in [-0.1, -0.05) is 33.6 Å². The van der Waals surface area contributed by atoms with E-state index >= 15 is 0 Å². The first-order valence-electron chi connectivity index (χ1n) is 7.19. The summed E-state index contributed by atoms with van der Waals surface area (Å²) in [5.74, 6) is 0. The van der Waals surface area contributed by atoms with Crippen LogP contribution in [0.4, 0.5) is 0 Å². The van der Waals surface area contributed by atoms with Gasteiger partial charge in [0.15, 0.2) is 0 Å². The Morgan fingerprint density at radius 3 is 2.31 bits per heavy atom. The van der Waals surface area contributed by atoms with Crippen LogP contribution in [0.25, 0.3) is 0 Å². The van der Waals surface area contributed by atoms with E-state index in [0.717, 1.165) is 6.61 Å². The van der Waals surface area contributed by atoms with Gasteiger partial charge in [0.25, 0.3) is 0 Å². The van der Waals surface area contributed by atoms with Gasteiger partial charge in [0.2, 0.25) is 0 Å². The third kappa shape index (κ3) is 4.42. The minimum absolute atomic E-state index is 0.473. The topological polar surface area (TPSA) is 21.3 Å². The lowest BCUT2D eigenvalue weighted by atomic mass is 10.0. The Hall–Kier alpha value is -0.0800. The second-order valence-electron chi connectivity index (χ2n) is 5.01. The maximum Gasteiger partial charge on any atom is 0.0728 e. The molecule has 0 saturated carbocycles. The van der Waals surface area contributed by atoms with Crippen LogP contribution in [0.2, 0.25) is 0 Å². The van der Waals surface area contributed by atoms with E-state index in [1.807, 2.05) is 0 Å². The first kappa shape index (κ1) is 14.0. The molecule has 1 rings (SSSR count). The zero-order chi connectivity index (χ0) is 11.8. The van der Waals surface area contributed by atoms with Gasteiger partial charge in [0.1, 0.15) is 0 Å². The molecule has 1 heterocycles. The number of hydrogen-bond acceptors (Lipinski definition) is 2. The highest BCUT2D eigenvalue weighted by Gasteiger charge is 2.25. The van der Waals surface area contributed by atoms with Crippen LogP contribution < -0.4 is 5.32 Å². The summed E-state index contributed by atoms with van der Waals surface area (Å²) in [7, 11) is 0. The van der Waals surface area contributed by atoms with Crippen molar-refractivity contribution in [2.75, 3.05) is 6.61 Å². The Labute approximate surface area is 101 Å². The molecule has 0 aromatic carbocycles. The van der Waals surface area contributed by atoms with Gasteiger partial charge in [-0.2, -0.15) is 0 Å². The van der Waals surface area contributed by atoms with Crippen molar-refractivity contribution >= 4 is 0 Å². The van der Waals surface area contributed by atoms with Crippen LogP contribution in [0.3, 0.4) is 0 Å². The van der Waals surface area contributed by atoms with Crippen LogP contribution >= 0.6 is 0 Å². The van der Waals surface area contributed by atoms with Crippen LogP contribution in [0.15, 0.2) is 0 Å². The number of hydrogen-bond donors (Lipinski definition) is 1. The molecule has 0 aliphatic carbocycles. The molecule has 0 aromatic rings. The first-order valence-corrected chi connectivity index (χ1v) is 7.19. The molecule has 96 valence electrons. The Kier molecular flexibility index (Phi) is 7.06. The molecule has 1 aliphatic heterocycles. The summed E-state index contributed by atoms with van der Waals surface area (Å²) in [6.07, 6.45) is 9.31. The van der Waals surface area contributed by atoms with Crippen molar-refractivity contribution in [2.45, 2.75) is 83.9 Å². The quantitative estimate of drug-likeness (QED) is 0.685. The predicted octanol–water partition coefficient (Wildman–Crippen LogP) is 3.50. The predicted molar refractivity (Wildman–Crippen MR) is 69.8 cm³/mol. The fourth-order valence-corrected chi connectivity index (χ4v) is 2.72. The van der Waals surface area contributed by atoms with Crippen LogP contribution in [0.5, 0.6) is 0 Å². The highest BCUT2D eigenvalue weighted by molar-refractivity contribution is 4.82. The van der Waals surface area contributed by atoms with E-state index in [1.54, 1.807) is 0 Å². The molecule has 2 atom stereocenters. The molecule has 2 unspecified atom stereocenters. The Bertz CT molecular complexity index is 160. The zero-order valence-corrected chi connectivity index (χ0v) is 11.3. The standard InChI is InChI=1S/C14H29NO/c1-4-8-12(9-5-2)15-13(6-3)14-10-7-11-16-14/h12-15H,4-11H2,1-3H3. The Morgan fingerprint density at radius 2 is 1.88 bits per heavy atom. The highest BCUT2D eigenvalue weighted by Crippen LogP contribution is 2.19. The summed E-state index contributed by atoms with van der Waals surface area (Å²) < 4.78 is 5.80. The molecule has 0 bridgehead atoms. The summed E-state index contributed by atoms with van der Waals surface area (Å²) in [5, 5.41) is 3.82. The molecular weight excluding hydrogens is 198 g/mol. The highest BCUT2D eigenvalue weighted by atomic mass is 16.5. The van der Waals surface area contributed by atoms with Crippen LogP contribution in [0, 0.1) is 0 Å². The molecule has 1 aliphatic rings. The smallest absolute Gasteiger partial charge is 0.0728 e. The van der Waals surface area contributed by atoms with Crippen molar-refractivity contribution in [3.05, 3.63) is 0 Å². The molecule has 0 radical (unpaired) electrons. The van der Waals surface area contributed by atoms with E-state index in [0.29, 0.717) is 18.2 Å². The number of ether oxygens (including phenoxy) is 1. The van der Waals surface area contributed by atoms with Crippen molar-refractivity contribution in [1.82, 2.24) is 5.32 Å². The summed E-state index contributed by atoms with van der Waals surface area (Å²) >= 11 is 0. The average molecular weight is 227 g/mol. The Morgan fingerprint density at radius 1 is 1.19 bits per heavy atom. The minimum atomic E-state index is 0.473. The SMILES string of the molecule is CCCC(CCC)NC(CC)C1CCCO1. The normalized spacial score (nSPS) is 22.9. The second kappa shape index (κ2) is 8.08. The third-order valence-electron chi connectivity index (χ3n) is 3.58. The van der Waals surface area contributed by atoms with Gasteiger partial charge in [-0.25, -0.2) is 0 Å². The van der Waals surface area contributed by atoms with E-state index in [-0.39, 0.29) is 0 Å². The molecular formula is C14H29NO. The summed E-state index contributed by atoms with van der Waals surface area (Å²) in [6, 6.07) is 1.27. The maximum absolute atomic E-state index is 5.80. The van der Waals surface area contributed by atoms with E-state index in [4.69, 9.17) is 4.74 Å². The molecule has 2 nitrogen and oxygen atoms in total. The molecule has 2 heteroatoms. The van der Waals surface area contributed by atoms with E-state index < -0.39 is 0 Å². The van der Waals surface area contributed by atoms with Gasteiger partial charge in [-0.3, -0.25) is 0 Å². The molecule has 1 N–H and O–H groups in total. The zero-order valence-electron chi connectivity index (χ0n) is 11.3. The van der Waals surface area contributed by atoms with Crippen LogP contribution in [-0.2, 0) is 4.74 Å². The first-order chi connectivity index (χ1) is 7.81. The minimum Gasteiger partial charge on any atom is -0.377 e. The van der Waals surface area contributed by atoms with E-state index in [1.165, 1.54) is 44.9 Å². The van der Waals surface area contributed by atoms with Gasteiger partial charge in [0, 0.05) is 18.7 Å². The summed E-state index contributed by atoms with van der Waals surface area (Å²) in [6.45, 7) is 7.79. The Balaban J connectivity index is 2.38. The molecule has 0 spiro atoms. The fraction of sp³-hybridized carbons (Fsp3) is 1.00. The molecule has 0 amide bonds. The lowest BCUT2D eigenvalue weighted by Gasteiger charge is -2.28. The molecule has 1 saturated heterocycles. The average Bonchev–Trinajstić information content (AvgIpc) is 2.79. The van der Waals surface area contributed by atoms with Gasteiger partial charge in [-0.15, -0.1) is 0 Å². The lowest BCUT2D eigenvalue weighted by molar-refractivity contribution is 0.0716.